The number of fused-ring (bicyclic) bond motifs is 1. The number of benzene rings is 2. The third-order valence-electron chi connectivity index (χ3n) is 9.02. The van der Waals surface area contributed by atoms with Gasteiger partial charge in [-0.2, -0.15) is 0 Å². The van der Waals surface area contributed by atoms with Crippen LogP contribution >= 0.6 is 11.8 Å². The first-order valence-corrected chi connectivity index (χ1v) is 18.0. The summed E-state index contributed by atoms with van der Waals surface area (Å²) in [6, 6.07) is 11.4. The van der Waals surface area contributed by atoms with E-state index in [0.717, 1.165) is 61.1 Å². The van der Waals surface area contributed by atoms with Gasteiger partial charge in [-0.05, 0) is 62.6 Å². The highest BCUT2D eigenvalue weighted by Crippen LogP contribution is 2.48. The number of amides is 1. The summed E-state index contributed by atoms with van der Waals surface area (Å²) in [5.41, 5.74) is 7.17. The second kappa shape index (κ2) is 13.8. The summed E-state index contributed by atoms with van der Waals surface area (Å²) in [5, 5.41) is 0. The summed E-state index contributed by atoms with van der Waals surface area (Å²) in [4.78, 5) is 27.4. The van der Waals surface area contributed by atoms with Gasteiger partial charge in [-0.15, -0.1) is 11.8 Å². The van der Waals surface area contributed by atoms with Crippen molar-refractivity contribution in [2.75, 3.05) is 30.1 Å². The van der Waals surface area contributed by atoms with Gasteiger partial charge in [-0.1, -0.05) is 51.7 Å². The van der Waals surface area contributed by atoms with Crippen LogP contribution in [0.15, 0.2) is 58.5 Å². The fraction of sp³-hybridized carbons (Fsp3) is 0.515. The summed E-state index contributed by atoms with van der Waals surface area (Å²) in [6.45, 7) is 6.69. The molecule has 0 radical (unpaired) electrons. The first-order valence-electron chi connectivity index (χ1n) is 15.2. The van der Waals surface area contributed by atoms with Crippen molar-refractivity contribution in [1.82, 2.24) is 0 Å². The van der Waals surface area contributed by atoms with Gasteiger partial charge in [0.05, 0.1) is 45.6 Å². The van der Waals surface area contributed by atoms with E-state index in [1.165, 1.54) is 24.1 Å². The number of nitrogens with two attached hydrogens (primary N) is 1. The van der Waals surface area contributed by atoms with E-state index in [0.29, 0.717) is 24.4 Å². The van der Waals surface area contributed by atoms with E-state index in [-0.39, 0.29) is 23.2 Å². The van der Waals surface area contributed by atoms with Crippen molar-refractivity contribution in [1.29, 1.82) is 0 Å². The third kappa shape index (κ3) is 6.90. The molecule has 2 N–H and O–H groups in total. The molecule has 10 heteroatoms. The number of ether oxygens (including phenoxy) is 2. The van der Waals surface area contributed by atoms with Crippen LogP contribution in [-0.2, 0) is 29.6 Å². The SMILES string of the molecule is CCCCC1(CC)CN(c2ccc(C3(C(N)=O)CCCC3)cc2)c2cc(SC)c(O/C=C/C(=O)OCC)cc2S(=O)(=O)C1. The molecule has 2 aromatic rings. The average Bonchev–Trinajstić information content (AvgIpc) is 3.47. The molecule has 0 saturated heterocycles. The minimum absolute atomic E-state index is 0.0274. The molecule has 1 fully saturated rings. The number of rotatable bonds is 12. The van der Waals surface area contributed by atoms with Crippen LogP contribution in [0.2, 0.25) is 0 Å². The van der Waals surface area contributed by atoms with Crippen molar-refractivity contribution in [3.63, 3.8) is 0 Å². The molecule has 1 atom stereocenters. The summed E-state index contributed by atoms with van der Waals surface area (Å²) >= 11 is 1.44. The molecule has 234 valence electrons. The molecule has 1 aliphatic heterocycles. The molecule has 43 heavy (non-hydrogen) atoms. The van der Waals surface area contributed by atoms with Crippen LogP contribution in [-0.4, -0.2) is 45.5 Å². The van der Waals surface area contributed by atoms with Gasteiger partial charge < -0.3 is 20.1 Å². The number of thioether (sulfide) groups is 1. The maximum absolute atomic E-state index is 14.1. The molecule has 1 heterocycles. The van der Waals surface area contributed by atoms with Gasteiger partial charge in [0.25, 0.3) is 0 Å². The number of hydrogen-bond donors (Lipinski definition) is 1. The summed E-state index contributed by atoms with van der Waals surface area (Å²) < 4.78 is 39.0. The van der Waals surface area contributed by atoms with Gasteiger partial charge in [0, 0.05) is 23.7 Å². The predicted octanol–water partition coefficient (Wildman–Crippen LogP) is 6.67. The summed E-state index contributed by atoms with van der Waals surface area (Å²) in [6.07, 6.45) is 11.1. The monoisotopic (exact) mass is 628 g/mol. The molecular formula is C33H44N2O6S2. The predicted molar refractivity (Wildman–Crippen MR) is 172 cm³/mol. The van der Waals surface area contributed by atoms with Crippen LogP contribution in [0.3, 0.4) is 0 Å². The second-order valence-corrected chi connectivity index (χ2v) is 14.5. The van der Waals surface area contributed by atoms with Crippen molar-refractivity contribution >= 4 is 44.9 Å². The maximum atomic E-state index is 14.1. The zero-order chi connectivity index (χ0) is 31.3. The average molecular weight is 629 g/mol. The number of primary amides is 1. The Labute approximate surface area is 260 Å². The Balaban J connectivity index is 1.84. The molecule has 1 aliphatic carbocycles. The lowest BCUT2D eigenvalue weighted by Crippen LogP contribution is -2.39. The largest absolute Gasteiger partial charge is 0.464 e. The van der Waals surface area contributed by atoms with Crippen LogP contribution in [0.4, 0.5) is 11.4 Å². The molecule has 2 aliphatic rings. The molecule has 8 nitrogen and oxygen atoms in total. The number of anilines is 2. The van der Waals surface area contributed by atoms with Crippen molar-refractivity contribution in [3.05, 3.63) is 54.3 Å². The van der Waals surface area contributed by atoms with E-state index in [9.17, 15) is 18.0 Å². The quantitative estimate of drug-likeness (QED) is 0.120. The molecule has 4 rings (SSSR count). The Morgan fingerprint density at radius 2 is 1.79 bits per heavy atom. The number of carbonyl (C=O) groups excluding carboxylic acids is 2. The lowest BCUT2D eigenvalue weighted by atomic mass is 9.78. The van der Waals surface area contributed by atoms with Crippen LogP contribution in [0.5, 0.6) is 5.75 Å². The number of sulfone groups is 1. The highest BCUT2D eigenvalue weighted by atomic mass is 32.2. The Kier molecular flexibility index (Phi) is 10.5. The molecule has 0 spiro atoms. The minimum Gasteiger partial charge on any atom is -0.464 e. The van der Waals surface area contributed by atoms with Crippen LogP contribution in [0, 0.1) is 5.41 Å². The van der Waals surface area contributed by atoms with Gasteiger partial charge in [-0.25, -0.2) is 13.2 Å². The summed E-state index contributed by atoms with van der Waals surface area (Å²) in [5.74, 6) is -0.445. The normalized spacial score (nSPS) is 20.9. The number of esters is 1. The third-order valence-corrected chi connectivity index (χ3v) is 11.8. The minimum atomic E-state index is -3.72. The Morgan fingerprint density at radius 1 is 1.09 bits per heavy atom. The van der Waals surface area contributed by atoms with Crippen LogP contribution < -0.4 is 15.4 Å². The van der Waals surface area contributed by atoms with E-state index in [4.69, 9.17) is 15.2 Å². The molecule has 0 bridgehead atoms. The van der Waals surface area contributed by atoms with Crippen molar-refractivity contribution in [3.8, 4) is 5.75 Å². The number of nitrogens with zero attached hydrogens (tertiary/aromatic N) is 1. The van der Waals surface area contributed by atoms with Gasteiger partial charge in [-0.3, -0.25) is 4.79 Å². The smallest absolute Gasteiger partial charge is 0.333 e. The Morgan fingerprint density at radius 3 is 2.37 bits per heavy atom. The summed E-state index contributed by atoms with van der Waals surface area (Å²) in [7, 11) is -3.72. The first-order chi connectivity index (χ1) is 20.5. The van der Waals surface area contributed by atoms with Gasteiger partial charge in [0.1, 0.15) is 5.75 Å². The van der Waals surface area contributed by atoms with Crippen molar-refractivity contribution in [2.45, 2.75) is 87.3 Å². The number of hydrogen-bond acceptors (Lipinski definition) is 8. The molecule has 1 unspecified atom stereocenters. The zero-order valence-electron chi connectivity index (χ0n) is 25.7. The lowest BCUT2D eigenvalue weighted by molar-refractivity contribution is -0.137. The molecule has 1 amide bonds. The Hall–Kier alpha value is -2.98. The number of unbranched alkanes of at least 4 members (excludes halogenated alkanes) is 1. The fourth-order valence-corrected chi connectivity index (χ4v) is 9.20. The first kappa shape index (κ1) is 32.9. The highest BCUT2D eigenvalue weighted by Gasteiger charge is 2.43. The molecule has 1 saturated carbocycles. The standard InChI is InChI=1S/C33H44N2O6S2/c1-5-8-16-32(6-2)22-35(25-13-11-24(12-14-25)33(31(34)37)17-9-10-18-33)26-20-28(42-4)27(21-29(26)43(38,39)23-32)41-19-15-30(36)40-7-3/h11-15,19-21H,5-10,16-18,22-23H2,1-4H3,(H2,34,37)/b19-15+. The maximum Gasteiger partial charge on any atom is 0.333 e. The lowest BCUT2D eigenvalue weighted by Gasteiger charge is -2.37. The van der Waals surface area contributed by atoms with Crippen molar-refractivity contribution in [2.24, 2.45) is 11.1 Å². The van der Waals surface area contributed by atoms with Crippen LogP contribution in [0.1, 0.15) is 77.7 Å². The molecule has 0 aromatic heterocycles. The van der Waals surface area contributed by atoms with E-state index in [1.54, 1.807) is 13.0 Å². The van der Waals surface area contributed by atoms with Crippen LogP contribution in [0.25, 0.3) is 0 Å². The van der Waals surface area contributed by atoms with E-state index in [2.05, 4.69) is 18.7 Å². The molecule has 2 aromatic carbocycles. The fourth-order valence-electron chi connectivity index (χ4n) is 6.48. The highest BCUT2D eigenvalue weighted by molar-refractivity contribution is 7.98. The van der Waals surface area contributed by atoms with E-state index < -0.39 is 26.6 Å². The van der Waals surface area contributed by atoms with Gasteiger partial charge >= 0.3 is 5.97 Å². The second-order valence-electron chi connectivity index (χ2n) is 11.6. The Bertz CT molecular complexity index is 1450. The van der Waals surface area contributed by atoms with E-state index in [1.807, 2.05) is 36.6 Å². The molecular weight excluding hydrogens is 585 g/mol. The zero-order valence-corrected chi connectivity index (χ0v) is 27.3. The topological polar surface area (TPSA) is 116 Å². The van der Waals surface area contributed by atoms with E-state index >= 15 is 0 Å². The van der Waals surface area contributed by atoms with Gasteiger partial charge in [0.2, 0.25) is 5.91 Å². The number of carbonyl (C=O) groups is 2. The van der Waals surface area contributed by atoms with Crippen molar-refractivity contribution < 1.29 is 27.5 Å². The van der Waals surface area contributed by atoms with Gasteiger partial charge in [0.15, 0.2) is 9.84 Å².